The van der Waals surface area contributed by atoms with Gasteiger partial charge in [0.25, 0.3) is 0 Å². The van der Waals surface area contributed by atoms with Crippen LogP contribution >= 0.6 is 0 Å². The molecule has 0 saturated carbocycles. The largest absolute Gasteiger partial charge is 0.368 e. The number of benzene rings is 2. The number of nitrogens with zero attached hydrogens (tertiary/aromatic N) is 3. The number of hydrogen-bond acceptors (Lipinski definition) is 3. The van der Waals surface area contributed by atoms with Crippen LogP contribution in [0.1, 0.15) is 16.7 Å². The first-order valence-electron chi connectivity index (χ1n) is 8.40. The van der Waals surface area contributed by atoms with Gasteiger partial charge in [0.2, 0.25) is 5.91 Å². The minimum atomic E-state index is -0.282. The van der Waals surface area contributed by atoms with E-state index in [4.69, 9.17) is 5.73 Å². The summed E-state index contributed by atoms with van der Waals surface area (Å²) in [5.41, 5.74) is 10.2. The van der Waals surface area contributed by atoms with Crippen molar-refractivity contribution in [3.8, 4) is 5.69 Å². The van der Waals surface area contributed by atoms with Crippen molar-refractivity contribution in [3.05, 3.63) is 83.7 Å². The molecule has 0 unspecified atom stereocenters. The van der Waals surface area contributed by atoms with Crippen molar-refractivity contribution in [1.82, 2.24) is 14.7 Å². The van der Waals surface area contributed by atoms with E-state index in [9.17, 15) is 4.79 Å². The molecule has 0 aliphatic carbocycles. The second kappa shape index (κ2) is 6.53. The molecule has 0 fully saturated rings. The van der Waals surface area contributed by atoms with Gasteiger partial charge in [-0.15, -0.1) is 0 Å². The highest BCUT2D eigenvalue weighted by Crippen LogP contribution is 2.25. The van der Waals surface area contributed by atoms with Crippen LogP contribution in [0.2, 0.25) is 0 Å². The summed E-state index contributed by atoms with van der Waals surface area (Å²) in [6.45, 7) is 1.37. The Morgan fingerprint density at radius 1 is 1.08 bits per heavy atom. The minimum Gasteiger partial charge on any atom is -0.368 e. The SMILES string of the molecule is NC(=O)[C@@H]1Cc2ccccc2CN1Cc1cnn(-c2ccccc2)c1. The molecule has 0 saturated heterocycles. The maximum atomic E-state index is 12.0. The molecular weight excluding hydrogens is 312 g/mol. The zero-order valence-corrected chi connectivity index (χ0v) is 13.9. The predicted molar refractivity (Wildman–Crippen MR) is 95.9 cm³/mol. The van der Waals surface area contributed by atoms with Gasteiger partial charge in [0, 0.05) is 24.8 Å². The number of amides is 1. The van der Waals surface area contributed by atoms with Gasteiger partial charge in [-0.25, -0.2) is 4.68 Å². The van der Waals surface area contributed by atoms with Crippen molar-refractivity contribution in [1.29, 1.82) is 0 Å². The van der Waals surface area contributed by atoms with E-state index in [0.717, 1.165) is 17.8 Å². The van der Waals surface area contributed by atoms with Crippen molar-refractivity contribution in [2.45, 2.75) is 25.6 Å². The number of aromatic nitrogens is 2. The normalized spacial score (nSPS) is 17.2. The Bertz CT molecular complexity index is 887. The van der Waals surface area contributed by atoms with Crippen LogP contribution in [0, 0.1) is 0 Å². The molecule has 5 nitrogen and oxygen atoms in total. The van der Waals surface area contributed by atoms with E-state index in [1.807, 2.05) is 59.5 Å². The summed E-state index contributed by atoms with van der Waals surface area (Å²) >= 11 is 0. The third-order valence-electron chi connectivity index (χ3n) is 4.72. The first kappa shape index (κ1) is 15.6. The predicted octanol–water partition coefficient (Wildman–Crippen LogP) is 2.28. The Morgan fingerprint density at radius 3 is 2.56 bits per heavy atom. The Labute approximate surface area is 146 Å². The number of carbonyl (C=O) groups excluding carboxylic acids is 1. The lowest BCUT2D eigenvalue weighted by Gasteiger charge is -2.34. The molecular formula is C20H20N4O. The highest BCUT2D eigenvalue weighted by atomic mass is 16.1. The molecule has 1 aliphatic rings. The van der Waals surface area contributed by atoms with Crippen LogP contribution < -0.4 is 5.73 Å². The number of para-hydroxylation sites is 1. The van der Waals surface area contributed by atoms with E-state index in [-0.39, 0.29) is 11.9 Å². The van der Waals surface area contributed by atoms with Gasteiger partial charge in [-0.05, 0) is 29.7 Å². The number of carbonyl (C=O) groups is 1. The summed E-state index contributed by atoms with van der Waals surface area (Å²) < 4.78 is 1.85. The van der Waals surface area contributed by atoms with Gasteiger partial charge in [0.05, 0.1) is 17.9 Å². The van der Waals surface area contributed by atoms with Crippen LogP contribution in [0.25, 0.3) is 5.69 Å². The maximum Gasteiger partial charge on any atom is 0.235 e. The summed E-state index contributed by atoms with van der Waals surface area (Å²) in [6.07, 6.45) is 4.53. The fraction of sp³-hybridized carbons (Fsp3) is 0.200. The second-order valence-electron chi connectivity index (χ2n) is 6.42. The smallest absolute Gasteiger partial charge is 0.235 e. The number of primary amides is 1. The first-order chi connectivity index (χ1) is 12.2. The Morgan fingerprint density at radius 2 is 1.80 bits per heavy atom. The van der Waals surface area contributed by atoms with E-state index in [0.29, 0.717) is 13.0 Å². The molecule has 1 aliphatic heterocycles. The van der Waals surface area contributed by atoms with Crippen molar-refractivity contribution < 1.29 is 4.79 Å². The molecule has 126 valence electrons. The molecule has 3 aromatic rings. The zero-order chi connectivity index (χ0) is 17.2. The average molecular weight is 332 g/mol. The second-order valence-corrected chi connectivity index (χ2v) is 6.42. The average Bonchev–Trinajstić information content (AvgIpc) is 3.10. The lowest BCUT2D eigenvalue weighted by molar-refractivity contribution is -0.124. The van der Waals surface area contributed by atoms with E-state index in [2.05, 4.69) is 22.1 Å². The molecule has 4 rings (SSSR count). The van der Waals surface area contributed by atoms with Gasteiger partial charge >= 0.3 is 0 Å². The van der Waals surface area contributed by atoms with Gasteiger partial charge in [-0.1, -0.05) is 42.5 Å². The van der Waals surface area contributed by atoms with Crippen LogP contribution in [0.3, 0.4) is 0 Å². The third-order valence-corrected chi connectivity index (χ3v) is 4.72. The fourth-order valence-electron chi connectivity index (χ4n) is 3.42. The van der Waals surface area contributed by atoms with Gasteiger partial charge in [-0.2, -0.15) is 5.10 Å². The molecule has 25 heavy (non-hydrogen) atoms. The number of fused-ring (bicyclic) bond motifs is 1. The van der Waals surface area contributed by atoms with Crippen molar-refractivity contribution >= 4 is 5.91 Å². The van der Waals surface area contributed by atoms with Crippen LogP contribution in [0.5, 0.6) is 0 Å². The molecule has 5 heteroatoms. The van der Waals surface area contributed by atoms with Gasteiger partial charge in [0.15, 0.2) is 0 Å². The van der Waals surface area contributed by atoms with Crippen LogP contribution in [-0.2, 0) is 24.3 Å². The topological polar surface area (TPSA) is 64.2 Å². The first-order valence-corrected chi connectivity index (χ1v) is 8.40. The summed E-state index contributed by atoms with van der Waals surface area (Å²) in [5, 5.41) is 4.44. The van der Waals surface area contributed by atoms with Crippen molar-refractivity contribution in [2.24, 2.45) is 5.73 Å². The van der Waals surface area contributed by atoms with Crippen LogP contribution in [-0.4, -0.2) is 26.6 Å². The lowest BCUT2D eigenvalue weighted by Crippen LogP contribution is -2.48. The fourth-order valence-corrected chi connectivity index (χ4v) is 3.42. The van der Waals surface area contributed by atoms with Gasteiger partial charge in [0.1, 0.15) is 0 Å². The van der Waals surface area contributed by atoms with Gasteiger partial charge in [-0.3, -0.25) is 9.69 Å². The third kappa shape index (κ3) is 3.19. The van der Waals surface area contributed by atoms with E-state index >= 15 is 0 Å². The molecule has 0 bridgehead atoms. The van der Waals surface area contributed by atoms with E-state index < -0.39 is 0 Å². The lowest BCUT2D eigenvalue weighted by atomic mass is 9.93. The number of nitrogens with two attached hydrogens (primary N) is 1. The standard InChI is InChI=1S/C20H20N4O/c21-20(25)19-10-16-6-4-5-7-17(16)14-23(19)12-15-11-22-24(13-15)18-8-2-1-3-9-18/h1-9,11,13,19H,10,12,14H2,(H2,21,25)/t19-/m0/s1. The Hall–Kier alpha value is -2.92. The molecule has 2 N–H and O–H groups in total. The quantitative estimate of drug-likeness (QED) is 0.797. The molecule has 0 spiro atoms. The van der Waals surface area contributed by atoms with Crippen molar-refractivity contribution in [3.63, 3.8) is 0 Å². The number of hydrogen-bond donors (Lipinski definition) is 1. The summed E-state index contributed by atoms with van der Waals surface area (Å²) in [6, 6.07) is 17.9. The van der Waals surface area contributed by atoms with Crippen LogP contribution in [0.4, 0.5) is 0 Å². The summed E-state index contributed by atoms with van der Waals surface area (Å²) in [4.78, 5) is 14.1. The summed E-state index contributed by atoms with van der Waals surface area (Å²) in [7, 11) is 0. The molecule has 1 aromatic heterocycles. The Kier molecular flexibility index (Phi) is 4.07. The van der Waals surface area contributed by atoms with Gasteiger partial charge < -0.3 is 5.73 Å². The van der Waals surface area contributed by atoms with E-state index in [1.54, 1.807) is 0 Å². The Balaban J connectivity index is 1.57. The molecule has 0 radical (unpaired) electrons. The van der Waals surface area contributed by atoms with Crippen molar-refractivity contribution in [2.75, 3.05) is 0 Å². The maximum absolute atomic E-state index is 12.0. The highest BCUT2D eigenvalue weighted by molar-refractivity contribution is 5.80. The van der Waals surface area contributed by atoms with Crippen LogP contribution in [0.15, 0.2) is 67.0 Å². The molecule has 2 aromatic carbocycles. The molecule has 2 heterocycles. The highest BCUT2D eigenvalue weighted by Gasteiger charge is 2.30. The molecule has 1 atom stereocenters. The van der Waals surface area contributed by atoms with E-state index in [1.165, 1.54) is 11.1 Å². The number of rotatable bonds is 4. The zero-order valence-electron chi connectivity index (χ0n) is 13.9. The molecule has 1 amide bonds. The minimum absolute atomic E-state index is 0.273. The summed E-state index contributed by atoms with van der Waals surface area (Å²) in [5.74, 6) is -0.273. The monoisotopic (exact) mass is 332 g/mol.